The van der Waals surface area contributed by atoms with E-state index in [2.05, 4.69) is 16.4 Å². The van der Waals surface area contributed by atoms with Crippen molar-refractivity contribution in [2.24, 2.45) is 0 Å². The zero-order valence-electron chi connectivity index (χ0n) is 13.9. The van der Waals surface area contributed by atoms with E-state index in [1.54, 1.807) is 11.3 Å². The summed E-state index contributed by atoms with van der Waals surface area (Å²) in [4.78, 5) is 18.8. The summed E-state index contributed by atoms with van der Waals surface area (Å²) >= 11 is 1.68. The van der Waals surface area contributed by atoms with Crippen molar-refractivity contribution in [1.82, 2.24) is 15.2 Å². The summed E-state index contributed by atoms with van der Waals surface area (Å²) in [5.41, 5.74) is 2.13. The molecule has 0 aliphatic rings. The molecule has 3 rings (SSSR count). The van der Waals surface area contributed by atoms with Crippen LogP contribution in [0.1, 0.15) is 23.5 Å². The highest BCUT2D eigenvalue weighted by Crippen LogP contribution is 2.22. The Kier molecular flexibility index (Phi) is 5.23. The second-order valence-electron chi connectivity index (χ2n) is 5.95. The van der Waals surface area contributed by atoms with Gasteiger partial charge in [-0.2, -0.15) is 0 Å². The van der Waals surface area contributed by atoms with Crippen molar-refractivity contribution < 1.29 is 4.79 Å². The fraction of sp³-hybridized carbons (Fsp3) is 0.263. The largest absolute Gasteiger partial charge is 0.348 e. The Morgan fingerprint density at radius 1 is 1.17 bits per heavy atom. The van der Waals surface area contributed by atoms with Gasteiger partial charge in [0.05, 0.1) is 29.3 Å². The molecule has 1 amide bonds. The Morgan fingerprint density at radius 2 is 1.88 bits per heavy atom. The predicted molar refractivity (Wildman–Crippen MR) is 99.0 cm³/mol. The lowest BCUT2D eigenvalue weighted by Gasteiger charge is -2.18. The van der Waals surface area contributed by atoms with Crippen molar-refractivity contribution in [2.45, 2.75) is 19.5 Å². The highest BCUT2D eigenvalue weighted by molar-refractivity contribution is 7.18. The van der Waals surface area contributed by atoms with Crippen molar-refractivity contribution in [3.05, 3.63) is 65.2 Å². The molecule has 0 saturated carbocycles. The molecular formula is C19H21N3OS. The van der Waals surface area contributed by atoms with Crippen molar-refractivity contribution in [3.8, 4) is 0 Å². The van der Waals surface area contributed by atoms with Crippen LogP contribution >= 0.6 is 11.3 Å². The van der Waals surface area contributed by atoms with Gasteiger partial charge in [-0.15, -0.1) is 11.3 Å². The lowest BCUT2D eigenvalue weighted by Crippen LogP contribution is -2.36. The molecule has 24 heavy (non-hydrogen) atoms. The number of hydrogen-bond donors (Lipinski definition) is 1. The Morgan fingerprint density at radius 3 is 2.62 bits per heavy atom. The van der Waals surface area contributed by atoms with Crippen LogP contribution in [0.5, 0.6) is 0 Å². The van der Waals surface area contributed by atoms with Gasteiger partial charge >= 0.3 is 0 Å². The van der Waals surface area contributed by atoms with E-state index in [1.807, 2.05) is 67.4 Å². The molecule has 2 aromatic carbocycles. The Labute approximate surface area is 146 Å². The number of nitrogens with one attached hydrogen (secondary N) is 1. The second-order valence-corrected chi connectivity index (χ2v) is 7.06. The van der Waals surface area contributed by atoms with Gasteiger partial charge in [-0.1, -0.05) is 42.5 Å². The van der Waals surface area contributed by atoms with Crippen molar-refractivity contribution >= 4 is 27.5 Å². The molecule has 1 aromatic heterocycles. The van der Waals surface area contributed by atoms with Crippen LogP contribution in [0.4, 0.5) is 0 Å². The number of benzene rings is 2. The first-order valence-corrected chi connectivity index (χ1v) is 8.81. The summed E-state index contributed by atoms with van der Waals surface area (Å²) in [6, 6.07) is 18.1. The third-order valence-electron chi connectivity index (χ3n) is 3.83. The van der Waals surface area contributed by atoms with E-state index >= 15 is 0 Å². The monoisotopic (exact) mass is 339 g/mol. The average molecular weight is 339 g/mol. The van der Waals surface area contributed by atoms with E-state index in [1.165, 1.54) is 4.70 Å². The molecule has 0 fully saturated rings. The number of rotatable bonds is 6. The first-order chi connectivity index (χ1) is 11.6. The molecule has 0 aliphatic heterocycles. The number of carbonyl (C=O) groups is 1. The summed E-state index contributed by atoms with van der Waals surface area (Å²) < 4.78 is 1.18. The summed E-state index contributed by atoms with van der Waals surface area (Å²) in [5, 5.41) is 4.07. The molecule has 0 radical (unpaired) electrons. The Hall–Kier alpha value is -2.24. The van der Waals surface area contributed by atoms with Crippen molar-refractivity contribution in [3.63, 3.8) is 0 Å². The molecule has 0 spiro atoms. The molecular weight excluding hydrogens is 318 g/mol. The standard InChI is InChI=1S/C19H21N3OS/c1-14(15-8-4-3-5-9-15)20-18(23)12-22(2)13-19-21-16-10-6-7-11-17(16)24-19/h3-11,14H,12-13H2,1-2H3,(H,20,23). The SMILES string of the molecule is CC(NC(=O)CN(C)Cc1nc2ccccc2s1)c1ccccc1. The van der Waals surface area contributed by atoms with E-state index < -0.39 is 0 Å². The minimum absolute atomic E-state index is 0.00884. The molecule has 1 N–H and O–H groups in total. The summed E-state index contributed by atoms with van der Waals surface area (Å²) in [6.45, 7) is 3.03. The smallest absolute Gasteiger partial charge is 0.234 e. The van der Waals surface area contributed by atoms with Crippen LogP contribution in [0.3, 0.4) is 0 Å². The first-order valence-electron chi connectivity index (χ1n) is 7.99. The summed E-state index contributed by atoms with van der Waals surface area (Å²) in [7, 11) is 1.94. The minimum atomic E-state index is 0.00884. The van der Waals surface area contributed by atoms with Crippen LogP contribution in [-0.4, -0.2) is 29.4 Å². The van der Waals surface area contributed by atoms with Crippen LogP contribution in [0.2, 0.25) is 0 Å². The van der Waals surface area contributed by atoms with Gasteiger partial charge in [-0.25, -0.2) is 4.98 Å². The van der Waals surface area contributed by atoms with Crippen LogP contribution in [0.25, 0.3) is 10.2 Å². The average Bonchev–Trinajstić information content (AvgIpc) is 2.97. The summed E-state index contributed by atoms with van der Waals surface area (Å²) in [6.07, 6.45) is 0. The zero-order chi connectivity index (χ0) is 16.9. The molecule has 0 saturated heterocycles. The molecule has 1 heterocycles. The van der Waals surface area contributed by atoms with Gasteiger partial charge in [-0.05, 0) is 31.7 Å². The van der Waals surface area contributed by atoms with Gasteiger partial charge in [0.15, 0.2) is 0 Å². The van der Waals surface area contributed by atoms with E-state index in [9.17, 15) is 4.79 Å². The van der Waals surface area contributed by atoms with Gasteiger partial charge in [0.25, 0.3) is 0 Å². The lowest BCUT2D eigenvalue weighted by molar-refractivity contribution is -0.122. The fourth-order valence-corrected chi connectivity index (χ4v) is 3.68. The molecule has 1 unspecified atom stereocenters. The topological polar surface area (TPSA) is 45.2 Å². The third kappa shape index (κ3) is 4.19. The number of nitrogens with zero attached hydrogens (tertiary/aromatic N) is 2. The van der Waals surface area contributed by atoms with Gasteiger partial charge in [0.1, 0.15) is 5.01 Å². The number of aromatic nitrogens is 1. The third-order valence-corrected chi connectivity index (χ3v) is 4.86. The van der Waals surface area contributed by atoms with Gasteiger partial charge in [0.2, 0.25) is 5.91 Å². The Bertz CT molecular complexity index is 783. The van der Waals surface area contributed by atoms with Crippen LogP contribution in [0.15, 0.2) is 54.6 Å². The number of fused-ring (bicyclic) bond motifs is 1. The highest BCUT2D eigenvalue weighted by Gasteiger charge is 2.13. The predicted octanol–water partition coefficient (Wildman–Crippen LogP) is 3.61. The molecule has 5 heteroatoms. The zero-order valence-corrected chi connectivity index (χ0v) is 14.7. The second kappa shape index (κ2) is 7.55. The van der Waals surface area contributed by atoms with Crippen LogP contribution in [-0.2, 0) is 11.3 Å². The normalized spacial score (nSPS) is 12.5. The summed E-state index contributed by atoms with van der Waals surface area (Å²) in [5.74, 6) is 0.0231. The Balaban J connectivity index is 1.54. The first kappa shape index (κ1) is 16.6. The van der Waals surface area contributed by atoms with Gasteiger partial charge < -0.3 is 5.32 Å². The molecule has 0 bridgehead atoms. The van der Waals surface area contributed by atoms with Crippen molar-refractivity contribution in [2.75, 3.05) is 13.6 Å². The quantitative estimate of drug-likeness (QED) is 0.746. The number of thiazole rings is 1. The van der Waals surface area contributed by atoms with Crippen molar-refractivity contribution in [1.29, 1.82) is 0 Å². The molecule has 3 aromatic rings. The number of hydrogen-bond acceptors (Lipinski definition) is 4. The minimum Gasteiger partial charge on any atom is -0.348 e. The maximum atomic E-state index is 12.2. The number of carbonyl (C=O) groups excluding carboxylic acids is 1. The lowest BCUT2D eigenvalue weighted by atomic mass is 10.1. The van der Waals surface area contributed by atoms with Gasteiger partial charge in [0, 0.05) is 0 Å². The van der Waals surface area contributed by atoms with Gasteiger partial charge in [-0.3, -0.25) is 9.69 Å². The van der Waals surface area contributed by atoms with E-state index in [-0.39, 0.29) is 11.9 Å². The maximum absolute atomic E-state index is 12.2. The van der Waals surface area contributed by atoms with E-state index in [0.29, 0.717) is 13.1 Å². The number of likely N-dealkylation sites (N-methyl/N-ethyl adjacent to an activating group) is 1. The fourth-order valence-electron chi connectivity index (χ4n) is 2.63. The maximum Gasteiger partial charge on any atom is 0.234 e. The highest BCUT2D eigenvalue weighted by atomic mass is 32.1. The molecule has 124 valence electrons. The number of para-hydroxylation sites is 1. The van der Waals surface area contributed by atoms with E-state index in [4.69, 9.17) is 0 Å². The number of amides is 1. The van der Waals surface area contributed by atoms with E-state index in [0.717, 1.165) is 16.1 Å². The van der Waals surface area contributed by atoms with Crippen LogP contribution in [0, 0.1) is 0 Å². The molecule has 0 aliphatic carbocycles. The molecule has 1 atom stereocenters. The van der Waals surface area contributed by atoms with Crippen LogP contribution < -0.4 is 5.32 Å². The molecule has 4 nitrogen and oxygen atoms in total.